The molecule has 8 heteroatoms. The number of hydrogen-bond donors (Lipinski definition) is 2. The Kier molecular flexibility index (Phi) is 7.02. The summed E-state index contributed by atoms with van der Waals surface area (Å²) >= 11 is 0. The molecule has 0 unspecified atom stereocenters. The maximum Gasteiger partial charge on any atom is 0.321 e. The van der Waals surface area contributed by atoms with Crippen molar-refractivity contribution in [2.24, 2.45) is 0 Å². The number of amides is 4. The molecule has 1 aromatic carbocycles. The fourth-order valence-electron chi connectivity index (χ4n) is 2.56. The molecule has 0 atom stereocenters. The van der Waals surface area contributed by atoms with Crippen molar-refractivity contribution in [2.75, 3.05) is 45.2 Å². The van der Waals surface area contributed by atoms with Crippen LogP contribution < -0.4 is 15.4 Å². The van der Waals surface area contributed by atoms with E-state index in [9.17, 15) is 14.4 Å². The van der Waals surface area contributed by atoms with E-state index in [-0.39, 0.29) is 30.8 Å². The second-order valence-electron chi connectivity index (χ2n) is 5.77. The lowest BCUT2D eigenvalue weighted by atomic mass is 10.2. The number of ether oxygens (including phenoxy) is 1. The quantitative estimate of drug-likeness (QED) is 0.742. The Morgan fingerprint density at radius 3 is 2.31 bits per heavy atom. The van der Waals surface area contributed by atoms with Crippen molar-refractivity contribution >= 4 is 23.5 Å². The lowest BCUT2D eigenvalue weighted by Gasteiger charge is -2.34. The zero-order valence-electron chi connectivity index (χ0n) is 14.9. The van der Waals surface area contributed by atoms with Crippen molar-refractivity contribution < 1.29 is 19.1 Å². The summed E-state index contributed by atoms with van der Waals surface area (Å²) in [6, 6.07) is 6.90. The number of methoxy groups -OCH3 is 1. The van der Waals surface area contributed by atoms with Gasteiger partial charge in [-0.25, -0.2) is 4.79 Å². The fraction of sp³-hybridized carbons (Fsp3) is 0.389. The molecular weight excluding hydrogens is 336 g/mol. The minimum atomic E-state index is -0.294. The highest BCUT2D eigenvalue weighted by Gasteiger charge is 2.23. The average Bonchev–Trinajstić information content (AvgIpc) is 2.68. The maximum atomic E-state index is 12.3. The van der Waals surface area contributed by atoms with E-state index in [0.717, 1.165) is 5.75 Å². The molecule has 0 bridgehead atoms. The molecule has 0 aromatic heterocycles. The first-order valence-electron chi connectivity index (χ1n) is 8.41. The number of nitrogens with one attached hydrogen (secondary N) is 2. The summed E-state index contributed by atoms with van der Waals surface area (Å²) in [7, 11) is 1.59. The predicted molar refractivity (Wildman–Crippen MR) is 98.0 cm³/mol. The summed E-state index contributed by atoms with van der Waals surface area (Å²) in [5.41, 5.74) is 0.687. The SMILES string of the molecule is C=CC(=O)NCCC(=O)N1CCN(C(=O)Nc2ccc(OC)cc2)CC1. The van der Waals surface area contributed by atoms with Crippen molar-refractivity contribution in [3.05, 3.63) is 36.9 Å². The molecule has 140 valence electrons. The van der Waals surface area contributed by atoms with E-state index >= 15 is 0 Å². The minimum Gasteiger partial charge on any atom is -0.497 e. The normalized spacial score (nSPS) is 13.7. The number of nitrogens with zero attached hydrogens (tertiary/aromatic N) is 2. The first-order chi connectivity index (χ1) is 12.5. The van der Waals surface area contributed by atoms with Crippen LogP contribution in [0.25, 0.3) is 0 Å². The molecule has 0 radical (unpaired) electrons. The lowest BCUT2D eigenvalue weighted by molar-refractivity contribution is -0.132. The molecule has 1 heterocycles. The fourth-order valence-corrected chi connectivity index (χ4v) is 2.56. The second-order valence-corrected chi connectivity index (χ2v) is 5.77. The monoisotopic (exact) mass is 360 g/mol. The summed E-state index contributed by atoms with van der Waals surface area (Å²) in [6.45, 7) is 5.52. The lowest BCUT2D eigenvalue weighted by Crippen LogP contribution is -2.52. The third kappa shape index (κ3) is 5.51. The molecule has 8 nitrogen and oxygen atoms in total. The van der Waals surface area contributed by atoms with Crippen molar-refractivity contribution in [3.63, 3.8) is 0 Å². The van der Waals surface area contributed by atoms with E-state index in [1.54, 1.807) is 41.2 Å². The Morgan fingerprint density at radius 1 is 1.12 bits per heavy atom. The van der Waals surface area contributed by atoms with Crippen LogP contribution in [0.1, 0.15) is 6.42 Å². The van der Waals surface area contributed by atoms with Crippen LogP contribution in [0.4, 0.5) is 10.5 Å². The molecule has 26 heavy (non-hydrogen) atoms. The van der Waals surface area contributed by atoms with Crippen LogP contribution in [0.3, 0.4) is 0 Å². The summed E-state index contributed by atoms with van der Waals surface area (Å²) < 4.78 is 5.08. The van der Waals surface area contributed by atoms with E-state index in [4.69, 9.17) is 4.74 Å². The number of carbonyl (C=O) groups excluding carboxylic acids is 3. The van der Waals surface area contributed by atoms with Gasteiger partial charge in [0.25, 0.3) is 0 Å². The highest BCUT2D eigenvalue weighted by Crippen LogP contribution is 2.16. The van der Waals surface area contributed by atoms with Gasteiger partial charge in [-0.3, -0.25) is 9.59 Å². The molecule has 1 aliphatic rings. The van der Waals surface area contributed by atoms with Crippen LogP contribution in [-0.2, 0) is 9.59 Å². The Balaban J connectivity index is 1.74. The number of rotatable bonds is 6. The zero-order chi connectivity index (χ0) is 18.9. The summed E-state index contributed by atoms with van der Waals surface area (Å²) in [5, 5.41) is 5.41. The number of anilines is 1. The number of carbonyl (C=O) groups is 3. The van der Waals surface area contributed by atoms with Crippen LogP contribution in [-0.4, -0.2) is 67.5 Å². The van der Waals surface area contributed by atoms with Crippen molar-refractivity contribution in [1.82, 2.24) is 15.1 Å². The smallest absolute Gasteiger partial charge is 0.321 e. The first kappa shape index (κ1) is 19.3. The maximum absolute atomic E-state index is 12.3. The number of piperazine rings is 1. The van der Waals surface area contributed by atoms with Gasteiger partial charge in [-0.1, -0.05) is 6.58 Å². The van der Waals surface area contributed by atoms with E-state index in [1.807, 2.05) is 0 Å². The Hall–Kier alpha value is -3.03. The van der Waals surface area contributed by atoms with Gasteiger partial charge < -0.3 is 25.2 Å². The predicted octanol–water partition coefficient (Wildman–Crippen LogP) is 1.06. The molecule has 1 fully saturated rings. The van der Waals surface area contributed by atoms with Crippen LogP contribution in [0.5, 0.6) is 5.75 Å². The highest BCUT2D eigenvalue weighted by atomic mass is 16.5. The molecular formula is C18H24N4O4. The zero-order valence-corrected chi connectivity index (χ0v) is 14.9. The average molecular weight is 360 g/mol. The molecule has 0 saturated carbocycles. The minimum absolute atomic E-state index is 0.0374. The van der Waals surface area contributed by atoms with Gasteiger partial charge in [0.15, 0.2) is 0 Å². The number of urea groups is 1. The van der Waals surface area contributed by atoms with Gasteiger partial charge in [-0.15, -0.1) is 0 Å². The van der Waals surface area contributed by atoms with Crippen LogP contribution in [0, 0.1) is 0 Å². The van der Waals surface area contributed by atoms with E-state index < -0.39 is 0 Å². The van der Waals surface area contributed by atoms with Crippen LogP contribution in [0.15, 0.2) is 36.9 Å². The molecule has 1 saturated heterocycles. The number of benzene rings is 1. The molecule has 1 aromatic rings. The molecule has 4 amide bonds. The molecule has 1 aliphatic heterocycles. The van der Waals surface area contributed by atoms with Gasteiger partial charge in [0.1, 0.15) is 5.75 Å². The van der Waals surface area contributed by atoms with Gasteiger partial charge in [-0.05, 0) is 30.3 Å². The molecule has 2 N–H and O–H groups in total. The summed E-state index contributed by atoms with van der Waals surface area (Å²) in [4.78, 5) is 38.9. The summed E-state index contributed by atoms with van der Waals surface area (Å²) in [5.74, 6) is 0.391. The van der Waals surface area contributed by atoms with Gasteiger partial charge in [0.2, 0.25) is 11.8 Å². The third-order valence-corrected chi connectivity index (χ3v) is 4.08. The van der Waals surface area contributed by atoms with Crippen molar-refractivity contribution in [1.29, 1.82) is 0 Å². The van der Waals surface area contributed by atoms with Crippen molar-refractivity contribution in [2.45, 2.75) is 6.42 Å². The molecule has 0 spiro atoms. The Labute approximate surface area is 152 Å². The van der Waals surface area contributed by atoms with Gasteiger partial charge in [0, 0.05) is 44.8 Å². The Morgan fingerprint density at radius 2 is 1.73 bits per heavy atom. The largest absolute Gasteiger partial charge is 0.497 e. The van der Waals surface area contributed by atoms with Gasteiger partial charge in [-0.2, -0.15) is 0 Å². The Bertz CT molecular complexity index is 652. The van der Waals surface area contributed by atoms with E-state index in [0.29, 0.717) is 31.9 Å². The van der Waals surface area contributed by atoms with E-state index in [1.165, 1.54) is 6.08 Å². The number of hydrogen-bond acceptors (Lipinski definition) is 4. The second kappa shape index (κ2) is 9.45. The first-order valence-corrected chi connectivity index (χ1v) is 8.41. The van der Waals surface area contributed by atoms with Crippen molar-refractivity contribution in [3.8, 4) is 5.75 Å². The summed E-state index contributed by atoms with van der Waals surface area (Å²) in [6.07, 6.45) is 1.41. The third-order valence-electron chi connectivity index (χ3n) is 4.08. The molecule has 0 aliphatic carbocycles. The van der Waals surface area contributed by atoms with Crippen LogP contribution >= 0.6 is 0 Å². The van der Waals surface area contributed by atoms with Gasteiger partial charge >= 0.3 is 6.03 Å². The van der Waals surface area contributed by atoms with Crippen LogP contribution in [0.2, 0.25) is 0 Å². The molecule has 2 rings (SSSR count). The highest BCUT2D eigenvalue weighted by molar-refractivity contribution is 5.89. The topological polar surface area (TPSA) is 91.0 Å². The van der Waals surface area contributed by atoms with Gasteiger partial charge in [0.05, 0.1) is 7.11 Å². The van der Waals surface area contributed by atoms with E-state index in [2.05, 4.69) is 17.2 Å². The standard InChI is InChI=1S/C18H24N4O4/c1-3-16(23)19-9-8-17(24)21-10-12-22(13-11-21)18(25)20-14-4-6-15(26-2)7-5-14/h3-7H,1,8-13H2,2H3,(H,19,23)(H,20,25).